The van der Waals surface area contributed by atoms with Crippen LogP contribution in [0, 0.1) is 0 Å². The van der Waals surface area contributed by atoms with Gasteiger partial charge in [-0.15, -0.1) is 10.2 Å². The van der Waals surface area contributed by atoms with E-state index in [0.717, 1.165) is 36.4 Å². The van der Waals surface area contributed by atoms with E-state index in [-0.39, 0.29) is 113 Å². The van der Waals surface area contributed by atoms with E-state index in [4.69, 9.17) is 11.5 Å². The Morgan fingerprint density at radius 2 is 0.722 bits per heavy atom. The van der Waals surface area contributed by atoms with Crippen LogP contribution in [0.15, 0.2) is 123 Å². The fraction of sp³-hybridized carbons (Fsp3) is 0. The van der Waals surface area contributed by atoms with Gasteiger partial charge in [-0.1, -0.05) is 35.8 Å². The van der Waals surface area contributed by atoms with Gasteiger partial charge >= 0.3 is 113 Å². The predicted octanol–water partition coefficient (Wildman–Crippen LogP) is -15.6. The molecule has 0 heterocycles. The molecule has 0 spiro atoms. The zero-order valence-corrected chi connectivity index (χ0v) is 42.6. The number of nitrogens with zero attached hydrogens (tertiary/aromatic N) is 4. The van der Waals surface area contributed by atoms with E-state index in [2.05, 4.69) is 20.5 Å². The van der Waals surface area contributed by atoms with Crippen molar-refractivity contribution in [2.75, 3.05) is 11.5 Å². The summed E-state index contributed by atoms with van der Waals surface area (Å²) in [5.74, 6) is -2.73. The number of hydrogen-bond acceptors (Lipinski definition) is 24. The van der Waals surface area contributed by atoms with E-state index in [1.165, 1.54) is 0 Å². The number of anilines is 2. The number of hydrogen-bond donors (Lipinski definition) is 4. The number of fused-ring (bicyclic) bond motifs is 2. The molecule has 38 heteroatoms. The fourth-order valence-electron chi connectivity index (χ4n) is 6.10. The fourth-order valence-corrected chi connectivity index (χ4v) is 9.87. The second-order valence-electron chi connectivity index (χ2n) is 13.3. The van der Waals surface area contributed by atoms with Crippen molar-refractivity contribution in [1.29, 1.82) is 0 Å². The number of azo groups is 2. The Morgan fingerprint density at radius 3 is 0.986 bits per heavy atom. The molecule has 0 aromatic heterocycles. The van der Waals surface area contributed by atoms with Crippen LogP contribution in [0.1, 0.15) is 11.1 Å². The summed E-state index contributed by atoms with van der Waals surface area (Å²) in [6, 6.07) is 8.30. The van der Waals surface area contributed by atoms with Crippen LogP contribution in [0.3, 0.4) is 0 Å². The molecular weight excluding hydrogens is 1050 g/mol. The van der Waals surface area contributed by atoms with Crippen LogP contribution in [0.25, 0.3) is 33.7 Å². The summed E-state index contributed by atoms with van der Waals surface area (Å²) in [7, 11) is -32.1. The summed E-state index contributed by atoms with van der Waals surface area (Å²) in [5, 5.41) is 38.6. The molecule has 72 heavy (non-hydrogen) atoms. The molecule has 0 aliphatic heterocycles. The Kier molecular flexibility index (Phi) is 23.8. The molecular formula is C34H20Li6N6O20S6. The van der Waals surface area contributed by atoms with Gasteiger partial charge in [0.2, 0.25) is 0 Å². The van der Waals surface area contributed by atoms with E-state index in [9.17, 15) is 88.0 Å². The normalized spacial score (nSPS) is 12.4. The minimum Gasteiger partial charge on any atom is -0.870 e. The SMILES string of the molecule is Nc1cc(S(=O)(=O)[O-])cc2cc(S(=O)(=O)O)c(N=Nc3ccc(/C=C/c4ccc(N=Nc5c(S(=O)(=O)O)cc6cc(S(=O)(=O)[O-])cc(N)c6c5[O-])cc4S(=O)(=O)[O-])c(S(=O)(=O)[O-])c3)c([O-])c12.[Li+].[Li+].[Li+].[Li+].[Li+].[Li+]. The largest absolute Gasteiger partial charge is 1.00 e. The van der Waals surface area contributed by atoms with Gasteiger partial charge in [-0.25, -0.2) is 33.7 Å². The minimum absolute atomic E-state index is 0. The molecule has 0 aliphatic carbocycles. The molecule has 0 bridgehead atoms. The van der Waals surface area contributed by atoms with Crippen molar-refractivity contribution in [3.8, 4) is 11.5 Å². The summed E-state index contributed by atoms with van der Waals surface area (Å²) >= 11 is 0. The van der Waals surface area contributed by atoms with Crippen molar-refractivity contribution in [3.63, 3.8) is 0 Å². The van der Waals surface area contributed by atoms with E-state index in [0.29, 0.717) is 48.5 Å². The zero-order chi connectivity index (χ0) is 49.3. The molecule has 0 aliphatic rings. The molecule has 0 amide bonds. The van der Waals surface area contributed by atoms with E-state index >= 15 is 0 Å². The van der Waals surface area contributed by atoms with Gasteiger partial charge in [-0.3, -0.25) is 9.11 Å². The molecule has 26 nitrogen and oxygen atoms in total. The van der Waals surface area contributed by atoms with E-state index in [1.54, 1.807) is 0 Å². The molecule has 6 N–H and O–H groups in total. The van der Waals surface area contributed by atoms with E-state index < -0.39 is 168 Å². The number of nitrogens with two attached hydrogens (primary N) is 2. The average molecular weight is 1070 g/mol. The Hall–Kier alpha value is -2.98. The molecule has 0 unspecified atom stereocenters. The van der Waals surface area contributed by atoms with Gasteiger partial charge < -0.3 is 39.9 Å². The zero-order valence-electron chi connectivity index (χ0n) is 37.7. The summed E-state index contributed by atoms with van der Waals surface area (Å²) in [6.07, 6.45) is 1.66. The second-order valence-corrected chi connectivity index (χ2v) is 21.5. The molecule has 6 aromatic rings. The van der Waals surface area contributed by atoms with Crippen LogP contribution < -0.4 is 135 Å². The Balaban J connectivity index is 0.00000840. The Morgan fingerprint density at radius 1 is 0.417 bits per heavy atom. The average Bonchev–Trinajstić information content (AvgIpc) is 3.16. The van der Waals surface area contributed by atoms with Crippen molar-refractivity contribution in [1.82, 2.24) is 0 Å². The third-order valence-electron chi connectivity index (χ3n) is 8.91. The Bertz CT molecular complexity index is 3690. The van der Waals surface area contributed by atoms with Crippen molar-refractivity contribution in [3.05, 3.63) is 83.9 Å². The first-order valence-corrected chi connectivity index (χ1v) is 25.4. The molecule has 0 saturated carbocycles. The number of rotatable bonds is 12. The van der Waals surface area contributed by atoms with Gasteiger partial charge in [0.1, 0.15) is 50.3 Å². The molecule has 0 radical (unpaired) electrons. The third-order valence-corrected chi connectivity index (χ3v) is 14.1. The minimum atomic E-state index is -5.49. The molecule has 6 aromatic carbocycles. The van der Waals surface area contributed by atoms with Crippen LogP contribution in [0.2, 0.25) is 0 Å². The molecule has 0 atom stereocenters. The van der Waals surface area contributed by atoms with Crippen molar-refractivity contribution >= 4 is 129 Å². The Labute approximate surface area is 481 Å². The van der Waals surface area contributed by atoms with Gasteiger partial charge in [0, 0.05) is 11.4 Å². The summed E-state index contributed by atoms with van der Waals surface area (Å²) in [4.78, 5) is -6.62. The van der Waals surface area contributed by atoms with Gasteiger partial charge in [0.05, 0.1) is 42.3 Å². The first-order valence-electron chi connectivity index (χ1n) is 16.9. The van der Waals surface area contributed by atoms with Crippen LogP contribution >= 0.6 is 0 Å². The van der Waals surface area contributed by atoms with Crippen LogP contribution in [0.4, 0.5) is 34.1 Å². The maximum absolute atomic E-state index is 13.3. The van der Waals surface area contributed by atoms with Gasteiger partial charge in [-0.05, 0) is 93.3 Å². The van der Waals surface area contributed by atoms with Crippen molar-refractivity contribution < 1.29 is 201 Å². The van der Waals surface area contributed by atoms with Crippen LogP contribution in [-0.2, 0) is 60.7 Å². The molecule has 6 rings (SSSR count). The maximum Gasteiger partial charge on any atom is 1.00 e. The third kappa shape index (κ3) is 15.3. The van der Waals surface area contributed by atoms with Gasteiger partial charge in [0.25, 0.3) is 20.2 Å². The smallest absolute Gasteiger partial charge is 0.870 e. The summed E-state index contributed by atoms with van der Waals surface area (Å²) in [5.41, 5.74) is 5.87. The molecule has 0 saturated heterocycles. The number of benzene rings is 6. The second kappa shape index (κ2) is 24.8. The first-order chi connectivity index (χ1) is 30.2. The summed E-state index contributed by atoms with van der Waals surface area (Å²) < 4.78 is 212. The first kappa shape index (κ1) is 69.0. The molecule has 348 valence electrons. The summed E-state index contributed by atoms with van der Waals surface area (Å²) in [6.45, 7) is 0. The predicted molar refractivity (Wildman–Crippen MR) is 217 cm³/mol. The standard InChI is InChI=1S/C34H26N6O20S6.6Li/c35-23-13-21(61(43,44)45)7-17-9-27(65(55,56)57)31(33(41)29(17)23)39-37-19-5-3-15(25(11-19)63(49,50)51)1-2-16-4-6-20(12-26(16)64(52,53)54)38-40-32-28(66(58,59)60)10-18-8-22(62(46,47)48)14-24(36)30(18)34(32)42;;;;;;/h1-14,41-42H,35-36H2,(H,43,44,45)(H,46,47,48)(H,49,50,51)(H,52,53,54)(H,55,56,57)(H,58,59,60);;;;;;/q;6*+1/p-6/b2-1+,39-37?,40-38?;;;;;;. The number of nitrogen functional groups attached to an aromatic ring is 2. The van der Waals surface area contributed by atoms with E-state index in [1.807, 2.05) is 0 Å². The maximum atomic E-state index is 13.3. The molecule has 0 fully saturated rings. The van der Waals surface area contributed by atoms with Gasteiger partial charge in [-0.2, -0.15) is 27.1 Å². The van der Waals surface area contributed by atoms with Crippen LogP contribution in [-0.4, -0.2) is 77.8 Å². The quantitative estimate of drug-likeness (QED) is 0.0291. The van der Waals surface area contributed by atoms with Crippen LogP contribution in [0.5, 0.6) is 11.5 Å². The van der Waals surface area contributed by atoms with Crippen molar-refractivity contribution in [2.24, 2.45) is 20.5 Å². The monoisotopic (exact) mass is 1070 g/mol. The van der Waals surface area contributed by atoms with Gasteiger partial charge in [0.15, 0.2) is 0 Å². The van der Waals surface area contributed by atoms with Crippen molar-refractivity contribution in [2.45, 2.75) is 29.4 Å². The topological polar surface area (TPSA) is 485 Å².